The van der Waals surface area contributed by atoms with Gasteiger partial charge in [-0.2, -0.15) is 0 Å². The predicted molar refractivity (Wildman–Crippen MR) is 128 cm³/mol. The van der Waals surface area contributed by atoms with Gasteiger partial charge < -0.3 is 19.7 Å². The Hall–Kier alpha value is -3.71. The van der Waals surface area contributed by atoms with Gasteiger partial charge in [-0.05, 0) is 35.7 Å². The lowest BCUT2D eigenvalue weighted by Crippen LogP contribution is -2.50. The Morgan fingerprint density at radius 2 is 1.94 bits per heavy atom. The Morgan fingerprint density at radius 1 is 1.18 bits per heavy atom. The van der Waals surface area contributed by atoms with E-state index in [1.807, 2.05) is 73.7 Å². The van der Waals surface area contributed by atoms with Crippen LogP contribution in [0.4, 0.5) is 0 Å². The molecule has 176 valence electrons. The average Bonchev–Trinajstić information content (AvgIpc) is 2.89. The molecule has 7 nitrogen and oxygen atoms in total. The summed E-state index contributed by atoms with van der Waals surface area (Å²) in [4.78, 5) is 31.9. The molecule has 3 aromatic rings. The summed E-state index contributed by atoms with van der Waals surface area (Å²) in [6.45, 7) is 2.51. The molecule has 0 fully saturated rings. The van der Waals surface area contributed by atoms with Gasteiger partial charge in [0, 0.05) is 18.9 Å². The van der Waals surface area contributed by atoms with E-state index in [9.17, 15) is 9.59 Å². The van der Waals surface area contributed by atoms with Crippen molar-refractivity contribution >= 4 is 12.3 Å². The van der Waals surface area contributed by atoms with Crippen LogP contribution in [0, 0.1) is 0 Å². The molecule has 0 aliphatic carbocycles. The highest BCUT2D eigenvalue weighted by atomic mass is 16.5. The first-order valence-corrected chi connectivity index (χ1v) is 11.4. The minimum absolute atomic E-state index is 0.207. The van der Waals surface area contributed by atoms with E-state index in [2.05, 4.69) is 10.3 Å². The molecule has 0 saturated heterocycles. The molecule has 2 aromatic carbocycles. The molecule has 3 atom stereocenters. The van der Waals surface area contributed by atoms with Crippen LogP contribution in [0.5, 0.6) is 5.75 Å². The third-order valence-corrected chi connectivity index (χ3v) is 6.11. The monoisotopic (exact) mass is 459 g/mol. The van der Waals surface area contributed by atoms with Crippen LogP contribution in [0.1, 0.15) is 41.5 Å². The van der Waals surface area contributed by atoms with Crippen molar-refractivity contribution in [2.75, 3.05) is 13.7 Å². The fourth-order valence-corrected chi connectivity index (χ4v) is 4.46. The number of carbonyl (C=O) groups is 2. The highest BCUT2D eigenvalue weighted by Crippen LogP contribution is 2.34. The Morgan fingerprint density at radius 3 is 2.68 bits per heavy atom. The molecule has 0 bridgehead atoms. The number of amides is 2. The van der Waals surface area contributed by atoms with Gasteiger partial charge in [0.15, 0.2) is 0 Å². The van der Waals surface area contributed by atoms with Crippen molar-refractivity contribution in [1.29, 1.82) is 0 Å². The zero-order chi connectivity index (χ0) is 23.9. The van der Waals surface area contributed by atoms with Gasteiger partial charge in [-0.1, -0.05) is 55.5 Å². The average molecular weight is 460 g/mol. The Balaban J connectivity index is 1.66. The SMILES string of the molecule is CCc1ccccc1C(C(=O)NC1COc2ccccc2C1OC)N(C=O)Cc1ccccn1. The quantitative estimate of drug-likeness (QED) is 0.495. The number of fused-ring (bicyclic) bond motifs is 1. The zero-order valence-electron chi connectivity index (χ0n) is 19.4. The Bertz CT molecular complexity index is 1120. The topological polar surface area (TPSA) is 80.8 Å². The number of rotatable bonds is 9. The number of nitrogens with zero attached hydrogens (tertiary/aromatic N) is 2. The molecule has 4 rings (SSSR count). The molecule has 0 spiro atoms. The van der Waals surface area contributed by atoms with Crippen molar-refractivity contribution in [3.63, 3.8) is 0 Å². The second kappa shape index (κ2) is 10.9. The van der Waals surface area contributed by atoms with E-state index in [0.29, 0.717) is 12.1 Å². The smallest absolute Gasteiger partial charge is 0.247 e. The van der Waals surface area contributed by atoms with Crippen molar-refractivity contribution in [2.45, 2.75) is 38.1 Å². The van der Waals surface area contributed by atoms with Crippen LogP contribution in [0.3, 0.4) is 0 Å². The molecule has 2 heterocycles. The van der Waals surface area contributed by atoms with E-state index >= 15 is 0 Å². The molecule has 0 saturated carbocycles. The van der Waals surface area contributed by atoms with Gasteiger partial charge in [0.2, 0.25) is 12.3 Å². The molecule has 7 heteroatoms. The number of hydrogen-bond donors (Lipinski definition) is 1. The number of pyridine rings is 1. The van der Waals surface area contributed by atoms with Gasteiger partial charge in [-0.25, -0.2) is 0 Å². The first-order chi connectivity index (χ1) is 16.7. The number of carbonyl (C=O) groups excluding carboxylic acids is 2. The van der Waals surface area contributed by atoms with Crippen molar-refractivity contribution in [3.05, 3.63) is 95.3 Å². The number of ether oxygens (including phenoxy) is 2. The highest BCUT2D eigenvalue weighted by Gasteiger charge is 2.36. The summed E-state index contributed by atoms with van der Waals surface area (Å²) < 4.78 is 11.7. The summed E-state index contributed by atoms with van der Waals surface area (Å²) in [5.74, 6) is 0.455. The lowest BCUT2D eigenvalue weighted by atomic mass is 9.95. The number of aromatic nitrogens is 1. The molecule has 1 aliphatic heterocycles. The van der Waals surface area contributed by atoms with Crippen molar-refractivity contribution in [1.82, 2.24) is 15.2 Å². The van der Waals surface area contributed by atoms with Crippen LogP contribution in [-0.4, -0.2) is 42.0 Å². The summed E-state index contributed by atoms with van der Waals surface area (Å²) in [5.41, 5.74) is 3.37. The Kier molecular flexibility index (Phi) is 7.54. The molecular formula is C27H29N3O4. The summed E-state index contributed by atoms with van der Waals surface area (Å²) in [6, 6.07) is 19.6. The van der Waals surface area contributed by atoms with Gasteiger partial charge in [0.1, 0.15) is 24.5 Å². The number of hydrogen-bond acceptors (Lipinski definition) is 5. The molecule has 2 amide bonds. The second-order valence-electron chi connectivity index (χ2n) is 8.17. The third-order valence-electron chi connectivity index (χ3n) is 6.11. The standard InChI is InChI=1S/C27H29N3O4/c1-3-19-10-4-5-12-21(19)25(30(18-31)16-20-11-8-9-15-28-20)27(32)29-23-17-34-24-14-7-6-13-22(24)26(23)33-2/h4-15,18,23,25-26H,3,16-17H2,1-2H3,(H,29,32). The lowest BCUT2D eigenvalue weighted by molar-refractivity contribution is -0.135. The van der Waals surface area contributed by atoms with Gasteiger partial charge in [-0.3, -0.25) is 14.6 Å². The van der Waals surface area contributed by atoms with Crippen molar-refractivity contribution in [2.24, 2.45) is 0 Å². The van der Waals surface area contributed by atoms with E-state index in [1.165, 1.54) is 4.90 Å². The maximum Gasteiger partial charge on any atom is 0.247 e. The molecule has 34 heavy (non-hydrogen) atoms. The van der Waals surface area contributed by atoms with Crippen LogP contribution in [-0.2, 0) is 27.3 Å². The summed E-state index contributed by atoms with van der Waals surface area (Å²) in [5, 5.41) is 3.10. The van der Waals surface area contributed by atoms with Gasteiger partial charge in [-0.15, -0.1) is 0 Å². The molecule has 1 aliphatic rings. The number of para-hydroxylation sites is 1. The third kappa shape index (κ3) is 4.94. The maximum atomic E-state index is 13.8. The fourth-order valence-electron chi connectivity index (χ4n) is 4.46. The van der Waals surface area contributed by atoms with E-state index in [1.54, 1.807) is 13.3 Å². The number of methoxy groups -OCH3 is 1. The second-order valence-corrected chi connectivity index (χ2v) is 8.17. The van der Waals surface area contributed by atoms with Crippen LogP contribution in [0.25, 0.3) is 0 Å². The predicted octanol–water partition coefficient (Wildman–Crippen LogP) is 3.61. The lowest BCUT2D eigenvalue weighted by Gasteiger charge is -2.35. The normalized spacial score (nSPS) is 17.7. The molecule has 0 radical (unpaired) electrons. The molecule has 1 N–H and O–H groups in total. The number of nitrogens with one attached hydrogen (secondary N) is 1. The van der Waals surface area contributed by atoms with Crippen molar-refractivity contribution < 1.29 is 19.1 Å². The summed E-state index contributed by atoms with van der Waals surface area (Å²) in [6.07, 6.45) is 2.76. The van der Waals surface area contributed by atoms with E-state index in [-0.39, 0.29) is 25.2 Å². The minimum Gasteiger partial charge on any atom is -0.491 e. The van der Waals surface area contributed by atoms with Crippen LogP contribution < -0.4 is 10.1 Å². The van der Waals surface area contributed by atoms with Gasteiger partial charge >= 0.3 is 0 Å². The van der Waals surface area contributed by atoms with Crippen LogP contribution in [0.2, 0.25) is 0 Å². The van der Waals surface area contributed by atoms with Gasteiger partial charge in [0.05, 0.1) is 18.3 Å². The molecule has 1 aromatic heterocycles. The summed E-state index contributed by atoms with van der Waals surface area (Å²) >= 11 is 0. The number of benzene rings is 2. The minimum atomic E-state index is -0.828. The highest BCUT2D eigenvalue weighted by molar-refractivity contribution is 5.86. The van der Waals surface area contributed by atoms with Gasteiger partial charge in [0.25, 0.3) is 0 Å². The zero-order valence-corrected chi connectivity index (χ0v) is 19.4. The van der Waals surface area contributed by atoms with E-state index in [0.717, 1.165) is 28.9 Å². The van der Waals surface area contributed by atoms with E-state index < -0.39 is 12.1 Å². The van der Waals surface area contributed by atoms with Crippen LogP contribution >= 0.6 is 0 Å². The van der Waals surface area contributed by atoms with Crippen LogP contribution in [0.15, 0.2) is 72.9 Å². The maximum absolute atomic E-state index is 13.8. The largest absolute Gasteiger partial charge is 0.491 e. The van der Waals surface area contributed by atoms with Crippen molar-refractivity contribution in [3.8, 4) is 5.75 Å². The first-order valence-electron chi connectivity index (χ1n) is 11.4. The Labute approximate surface area is 199 Å². The molecular weight excluding hydrogens is 430 g/mol. The fraction of sp³-hybridized carbons (Fsp3) is 0.296. The first kappa shape index (κ1) is 23.4. The number of aryl methyl sites for hydroxylation is 1. The van der Waals surface area contributed by atoms with E-state index in [4.69, 9.17) is 9.47 Å². The molecule has 3 unspecified atom stereocenters. The summed E-state index contributed by atoms with van der Waals surface area (Å²) in [7, 11) is 1.62.